The second-order valence-electron chi connectivity index (χ2n) is 5.27. The molecule has 2 nitrogen and oxygen atoms in total. The third kappa shape index (κ3) is 3.01. The van der Waals surface area contributed by atoms with Gasteiger partial charge in [0.05, 0.1) is 12.7 Å². The van der Waals surface area contributed by atoms with E-state index in [1.54, 1.807) is 0 Å². The average molecular weight is 234 g/mol. The lowest BCUT2D eigenvalue weighted by Gasteiger charge is -2.32. The van der Waals surface area contributed by atoms with Gasteiger partial charge in [-0.05, 0) is 37.2 Å². The molecule has 1 fully saturated rings. The van der Waals surface area contributed by atoms with E-state index in [1.165, 1.54) is 6.42 Å². The van der Waals surface area contributed by atoms with E-state index in [0.717, 1.165) is 36.0 Å². The van der Waals surface area contributed by atoms with Gasteiger partial charge in [0.25, 0.3) is 0 Å². The zero-order chi connectivity index (χ0) is 12.3. The first kappa shape index (κ1) is 12.4. The van der Waals surface area contributed by atoms with Gasteiger partial charge in [-0.1, -0.05) is 32.0 Å². The van der Waals surface area contributed by atoms with Gasteiger partial charge in [-0.15, -0.1) is 0 Å². The van der Waals surface area contributed by atoms with E-state index in [0.29, 0.717) is 6.10 Å². The van der Waals surface area contributed by atoms with Gasteiger partial charge >= 0.3 is 0 Å². The quantitative estimate of drug-likeness (QED) is 0.868. The first-order chi connectivity index (χ1) is 8.20. The minimum atomic E-state index is 0.0504. The van der Waals surface area contributed by atoms with Crippen molar-refractivity contribution in [1.29, 1.82) is 0 Å². The van der Waals surface area contributed by atoms with Crippen LogP contribution in [0.1, 0.15) is 38.7 Å². The van der Waals surface area contributed by atoms with Crippen molar-refractivity contribution in [3.8, 4) is 5.75 Å². The van der Waals surface area contributed by atoms with Gasteiger partial charge in [0.15, 0.2) is 0 Å². The van der Waals surface area contributed by atoms with Crippen LogP contribution in [-0.4, -0.2) is 11.2 Å². The highest BCUT2D eigenvalue weighted by Crippen LogP contribution is 2.32. The molecule has 94 valence electrons. The second kappa shape index (κ2) is 5.54. The highest BCUT2D eigenvalue weighted by molar-refractivity contribution is 5.32. The first-order valence-electron chi connectivity index (χ1n) is 6.56. The molecule has 2 rings (SSSR count). The summed E-state index contributed by atoms with van der Waals surface area (Å²) < 4.78 is 6.04. The summed E-state index contributed by atoms with van der Waals surface area (Å²) in [6, 6.07) is 7.77. The van der Waals surface area contributed by atoms with Gasteiger partial charge in [-0.25, -0.2) is 0 Å². The number of aliphatic hydroxyl groups excluding tert-OH is 1. The van der Waals surface area contributed by atoms with Gasteiger partial charge in [-0.3, -0.25) is 0 Å². The number of hydrogen-bond acceptors (Lipinski definition) is 2. The Kier molecular flexibility index (Phi) is 4.06. The van der Waals surface area contributed by atoms with E-state index in [9.17, 15) is 5.11 Å². The van der Waals surface area contributed by atoms with E-state index in [1.807, 2.05) is 24.3 Å². The normalized spacial score (nSPS) is 29.0. The molecule has 17 heavy (non-hydrogen) atoms. The lowest BCUT2D eigenvalue weighted by atomic mass is 9.80. The van der Waals surface area contributed by atoms with Crippen LogP contribution in [0.15, 0.2) is 24.3 Å². The van der Waals surface area contributed by atoms with Crippen LogP contribution < -0.4 is 4.74 Å². The van der Waals surface area contributed by atoms with Gasteiger partial charge < -0.3 is 9.84 Å². The zero-order valence-electron chi connectivity index (χ0n) is 10.7. The van der Waals surface area contributed by atoms with Crippen LogP contribution in [0.3, 0.4) is 0 Å². The Morgan fingerprint density at radius 3 is 2.65 bits per heavy atom. The van der Waals surface area contributed by atoms with Gasteiger partial charge in [-0.2, -0.15) is 0 Å². The Balaban J connectivity index is 2.01. The molecule has 1 aromatic carbocycles. The molecule has 1 saturated carbocycles. The van der Waals surface area contributed by atoms with Gasteiger partial charge in [0, 0.05) is 5.56 Å². The van der Waals surface area contributed by atoms with Crippen LogP contribution in [0.4, 0.5) is 0 Å². The third-order valence-electron chi connectivity index (χ3n) is 3.99. The van der Waals surface area contributed by atoms with Crippen LogP contribution in [0.2, 0.25) is 0 Å². The van der Waals surface area contributed by atoms with E-state index < -0.39 is 0 Å². The molecule has 0 bridgehead atoms. The van der Waals surface area contributed by atoms with Crippen molar-refractivity contribution in [2.45, 2.75) is 45.8 Å². The standard InChI is InChI=1S/C15H22O2/c1-11-7-8-14(9-12(11)2)17-15-6-4-3-5-13(15)10-16/h3-6,11-12,14,16H,7-10H2,1-2H3. The molecule has 1 aliphatic carbocycles. The fraction of sp³-hybridized carbons (Fsp3) is 0.600. The van der Waals surface area contributed by atoms with E-state index in [4.69, 9.17) is 4.74 Å². The maximum Gasteiger partial charge on any atom is 0.125 e. The smallest absolute Gasteiger partial charge is 0.125 e. The Hall–Kier alpha value is -1.02. The molecular formula is C15H22O2. The minimum absolute atomic E-state index is 0.0504. The highest BCUT2D eigenvalue weighted by atomic mass is 16.5. The predicted molar refractivity (Wildman–Crippen MR) is 69.0 cm³/mol. The summed E-state index contributed by atoms with van der Waals surface area (Å²) in [6.45, 7) is 4.68. The molecule has 0 saturated heterocycles. The number of aliphatic hydroxyl groups is 1. The molecule has 0 aliphatic heterocycles. The summed E-state index contributed by atoms with van der Waals surface area (Å²) in [4.78, 5) is 0. The predicted octanol–water partition coefficient (Wildman–Crippen LogP) is 3.38. The number of benzene rings is 1. The summed E-state index contributed by atoms with van der Waals surface area (Å²) in [5, 5.41) is 9.26. The van der Waals surface area contributed by atoms with Crippen LogP contribution in [0, 0.1) is 11.8 Å². The molecule has 0 radical (unpaired) electrons. The van der Waals surface area contributed by atoms with Crippen molar-refractivity contribution in [3.05, 3.63) is 29.8 Å². The fourth-order valence-corrected chi connectivity index (χ4v) is 2.53. The van der Waals surface area contributed by atoms with E-state index in [-0.39, 0.29) is 6.61 Å². The zero-order valence-corrected chi connectivity index (χ0v) is 10.7. The lowest BCUT2D eigenvalue weighted by Crippen LogP contribution is -2.29. The number of ether oxygens (including phenoxy) is 1. The molecule has 0 aromatic heterocycles. The summed E-state index contributed by atoms with van der Waals surface area (Å²) in [5.74, 6) is 2.39. The Morgan fingerprint density at radius 2 is 1.94 bits per heavy atom. The van der Waals surface area contributed by atoms with Crippen LogP contribution in [0.5, 0.6) is 5.75 Å². The summed E-state index contributed by atoms with van der Waals surface area (Å²) in [7, 11) is 0. The topological polar surface area (TPSA) is 29.5 Å². The number of rotatable bonds is 3. The molecule has 0 spiro atoms. The maximum atomic E-state index is 9.26. The molecular weight excluding hydrogens is 212 g/mol. The summed E-state index contributed by atoms with van der Waals surface area (Å²) >= 11 is 0. The Morgan fingerprint density at radius 1 is 1.18 bits per heavy atom. The molecule has 0 heterocycles. The molecule has 1 aromatic rings. The fourth-order valence-electron chi connectivity index (χ4n) is 2.53. The first-order valence-corrected chi connectivity index (χ1v) is 6.56. The minimum Gasteiger partial charge on any atom is -0.490 e. The van der Waals surface area contributed by atoms with Crippen molar-refractivity contribution < 1.29 is 9.84 Å². The molecule has 3 atom stereocenters. The van der Waals surface area contributed by atoms with Gasteiger partial charge in [0.2, 0.25) is 0 Å². The molecule has 0 amide bonds. The van der Waals surface area contributed by atoms with E-state index >= 15 is 0 Å². The van der Waals surface area contributed by atoms with Crippen LogP contribution >= 0.6 is 0 Å². The molecule has 3 unspecified atom stereocenters. The largest absolute Gasteiger partial charge is 0.490 e. The van der Waals surface area contributed by atoms with Crippen LogP contribution in [-0.2, 0) is 6.61 Å². The SMILES string of the molecule is CC1CCC(Oc2ccccc2CO)CC1C. The van der Waals surface area contributed by atoms with E-state index in [2.05, 4.69) is 13.8 Å². The summed E-state index contributed by atoms with van der Waals surface area (Å²) in [5.41, 5.74) is 0.888. The third-order valence-corrected chi connectivity index (χ3v) is 3.99. The Bertz CT molecular complexity index is 362. The highest BCUT2D eigenvalue weighted by Gasteiger charge is 2.26. The Labute approximate surface area is 104 Å². The van der Waals surface area contributed by atoms with Crippen molar-refractivity contribution in [2.24, 2.45) is 11.8 Å². The molecule has 1 aliphatic rings. The second-order valence-corrected chi connectivity index (χ2v) is 5.27. The van der Waals surface area contributed by atoms with Crippen molar-refractivity contribution >= 4 is 0 Å². The lowest BCUT2D eigenvalue weighted by molar-refractivity contribution is 0.0981. The molecule has 1 N–H and O–H groups in total. The van der Waals surface area contributed by atoms with Crippen molar-refractivity contribution in [1.82, 2.24) is 0 Å². The maximum absolute atomic E-state index is 9.26. The molecule has 2 heteroatoms. The van der Waals surface area contributed by atoms with Crippen molar-refractivity contribution in [3.63, 3.8) is 0 Å². The number of hydrogen-bond donors (Lipinski definition) is 1. The van der Waals surface area contributed by atoms with Crippen LogP contribution in [0.25, 0.3) is 0 Å². The summed E-state index contributed by atoms with van der Waals surface area (Å²) in [6.07, 6.45) is 3.81. The monoisotopic (exact) mass is 234 g/mol. The van der Waals surface area contributed by atoms with Crippen molar-refractivity contribution in [2.75, 3.05) is 0 Å². The average Bonchev–Trinajstić information content (AvgIpc) is 2.34. The van der Waals surface area contributed by atoms with Gasteiger partial charge in [0.1, 0.15) is 5.75 Å². The number of para-hydroxylation sites is 1.